The van der Waals surface area contributed by atoms with Gasteiger partial charge in [-0.15, -0.1) is 0 Å². The predicted octanol–water partition coefficient (Wildman–Crippen LogP) is 2.28. The molecular weight excluding hydrogens is 250 g/mol. The number of hydrogen-bond acceptors (Lipinski definition) is 3. The number of aliphatic hydroxyl groups is 1. The summed E-state index contributed by atoms with van der Waals surface area (Å²) < 4.78 is 5.45. The Morgan fingerprint density at radius 1 is 1.15 bits per heavy atom. The molecule has 5 rings (SSSR count). The minimum atomic E-state index is -0.105. The molecule has 0 spiro atoms. The van der Waals surface area contributed by atoms with Crippen LogP contribution in [0.1, 0.15) is 44.9 Å². The molecule has 0 amide bonds. The highest BCUT2D eigenvalue weighted by atomic mass is 16.5. The summed E-state index contributed by atoms with van der Waals surface area (Å²) in [6.07, 6.45) is 9.71. The lowest BCUT2D eigenvalue weighted by atomic mass is 9.48. The Kier molecular flexibility index (Phi) is 3.36. The molecule has 2 atom stereocenters. The van der Waals surface area contributed by atoms with Gasteiger partial charge in [-0.05, 0) is 68.1 Å². The molecule has 4 bridgehead atoms. The van der Waals surface area contributed by atoms with Gasteiger partial charge in [-0.2, -0.15) is 0 Å². The summed E-state index contributed by atoms with van der Waals surface area (Å²) in [7, 11) is 1.81. The zero-order valence-corrected chi connectivity index (χ0v) is 12.8. The Bertz CT molecular complexity index is 335. The quantitative estimate of drug-likeness (QED) is 0.857. The molecule has 3 nitrogen and oxygen atoms in total. The summed E-state index contributed by atoms with van der Waals surface area (Å²) in [6, 6.07) is 0. The van der Waals surface area contributed by atoms with Crippen molar-refractivity contribution >= 4 is 0 Å². The van der Waals surface area contributed by atoms with E-state index in [9.17, 15) is 5.11 Å². The van der Waals surface area contributed by atoms with Crippen LogP contribution >= 0.6 is 0 Å². The molecule has 20 heavy (non-hydrogen) atoms. The van der Waals surface area contributed by atoms with Crippen molar-refractivity contribution in [3.8, 4) is 0 Å². The predicted molar refractivity (Wildman–Crippen MR) is 78.5 cm³/mol. The highest BCUT2D eigenvalue weighted by molar-refractivity contribution is 5.05. The molecule has 3 heteroatoms. The molecule has 2 unspecified atom stereocenters. The number of likely N-dealkylation sites (tertiary alicyclic amines) is 1. The Morgan fingerprint density at radius 3 is 2.25 bits per heavy atom. The van der Waals surface area contributed by atoms with Crippen molar-refractivity contribution in [1.29, 1.82) is 0 Å². The minimum absolute atomic E-state index is 0.105. The highest BCUT2D eigenvalue weighted by Gasteiger charge is 2.54. The molecular formula is C17H29NO2. The monoisotopic (exact) mass is 279 g/mol. The van der Waals surface area contributed by atoms with Crippen molar-refractivity contribution in [3.05, 3.63) is 0 Å². The standard InChI is InChI=1S/C17H29NO2/c1-20-15-2-3-18(10-15)11-16(19)17-7-12-4-13(8-17)6-14(5-12)9-17/h12-16,19H,2-11H2,1H3. The first-order valence-electron chi connectivity index (χ1n) is 8.60. The zero-order valence-electron chi connectivity index (χ0n) is 12.8. The van der Waals surface area contributed by atoms with Gasteiger partial charge >= 0.3 is 0 Å². The first-order chi connectivity index (χ1) is 9.67. The van der Waals surface area contributed by atoms with Crippen LogP contribution in [0.5, 0.6) is 0 Å². The summed E-state index contributed by atoms with van der Waals surface area (Å²) >= 11 is 0. The molecule has 1 aliphatic heterocycles. The van der Waals surface area contributed by atoms with Crippen LogP contribution in [0.15, 0.2) is 0 Å². The van der Waals surface area contributed by atoms with Gasteiger partial charge in [-0.1, -0.05) is 0 Å². The molecule has 1 N–H and O–H groups in total. The van der Waals surface area contributed by atoms with E-state index in [1.807, 2.05) is 7.11 Å². The number of hydrogen-bond donors (Lipinski definition) is 1. The van der Waals surface area contributed by atoms with Gasteiger partial charge in [-0.3, -0.25) is 4.90 Å². The number of ether oxygens (including phenoxy) is 1. The van der Waals surface area contributed by atoms with Gasteiger partial charge in [0.15, 0.2) is 0 Å². The van der Waals surface area contributed by atoms with Gasteiger partial charge < -0.3 is 9.84 Å². The Balaban J connectivity index is 1.42. The summed E-state index contributed by atoms with van der Waals surface area (Å²) in [5, 5.41) is 11.0. The lowest BCUT2D eigenvalue weighted by Crippen LogP contribution is -2.54. The first-order valence-corrected chi connectivity index (χ1v) is 8.60. The van der Waals surface area contributed by atoms with Crippen molar-refractivity contribution < 1.29 is 9.84 Å². The molecule has 0 aromatic heterocycles. The third kappa shape index (κ3) is 2.22. The van der Waals surface area contributed by atoms with E-state index >= 15 is 0 Å². The van der Waals surface area contributed by atoms with E-state index in [0.29, 0.717) is 6.10 Å². The summed E-state index contributed by atoms with van der Waals surface area (Å²) in [4.78, 5) is 2.43. The Morgan fingerprint density at radius 2 is 1.75 bits per heavy atom. The second-order valence-corrected chi connectivity index (χ2v) is 8.20. The number of aliphatic hydroxyl groups excluding tert-OH is 1. The maximum atomic E-state index is 11.0. The average molecular weight is 279 g/mol. The van der Waals surface area contributed by atoms with Crippen LogP contribution in [0, 0.1) is 23.2 Å². The number of nitrogens with zero attached hydrogens (tertiary/aromatic N) is 1. The van der Waals surface area contributed by atoms with Gasteiger partial charge in [0.1, 0.15) is 0 Å². The molecule has 1 saturated heterocycles. The average Bonchev–Trinajstić information content (AvgIpc) is 2.85. The van der Waals surface area contributed by atoms with Crippen LogP contribution in [0.2, 0.25) is 0 Å². The van der Waals surface area contributed by atoms with Crippen molar-refractivity contribution in [2.45, 2.75) is 57.2 Å². The van der Waals surface area contributed by atoms with E-state index in [0.717, 1.165) is 43.8 Å². The molecule has 4 aliphatic carbocycles. The van der Waals surface area contributed by atoms with E-state index in [4.69, 9.17) is 4.74 Å². The molecule has 114 valence electrons. The number of β-amino-alcohol motifs (C(OH)–C–C–N with tert-alkyl or cyclic N) is 1. The highest BCUT2D eigenvalue weighted by Crippen LogP contribution is 2.61. The van der Waals surface area contributed by atoms with Crippen LogP contribution < -0.4 is 0 Å². The van der Waals surface area contributed by atoms with E-state index in [1.54, 1.807) is 0 Å². The fourth-order valence-corrected chi connectivity index (χ4v) is 6.18. The van der Waals surface area contributed by atoms with Gasteiger partial charge in [0.2, 0.25) is 0 Å². The number of methoxy groups -OCH3 is 1. The largest absolute Gasteiger partial charge is 0.391 e. The van der Waals surface area contributed by atoms with Crippen molar-refractivity contribution in [3.63, 3.8) is 0 Å². The van der Waals surface area contributed by atoms with Gasteiger partial charge in [-0.25, -0.2) is 0 Å². The van der Waals surface area contributed by atoms with Gasteiger partial charge in [0, 0.05) is 26.7 Å². The number of rotatable bonds is 4. The van der Waals surface area contributed by atoms with Crippen LogP contribution in [0.25, 0.3) is 0 Å². The fourth-order valence-electron chi connectivity index (χ4n) is 6.18. The SMILES string of the molecule is COC1CCN(CC(O)C23CC4CC(CC(C4)C2)C3)C1. The molecule has 0 aromatic rings. The van der Waals surface area contributed by atoms with Crippen LogP contribution in [0.4, 0.5) is 0 Å². The van der Waals surface area contributed by atoms with Crippen LogP contribution in [-0.2, 0) is 4.74 Å². The van der Waals surface area contributed by atoms with Crippen LogP contribution in [0.3, 0.4) is 0 Å². The van der Waals surface area contributed by atoms with Crippen molar-refractivity contribution in [1.82, 2.24) is 4.90 Å². The molecule has 0 radical (unpaired) electrons. The van der Waals surface area contributed by atoms with Crippen molar-refractivity contribution in [2.75, 3.05) is 26.7 Å². The van der Waals surface area contributed by atoms with E-state index in [-0.39, 0.29) is 11.5 Å². The normalized spacial score (nSPS) is 48.9. The summed E-state index contributed by atoms with van der Waals surface area (Å²) in [6.45, 7) is 2.99. The molecule has 5 aliphatic rings. The summed E-state index contributed by atoms with van der Waals surface area (Å²) in [5.41, 5.74) is 0.278. The topological polar surface area (TPSA) is 32.7 Å². The zero-order chi connectivity index (χ0) is 13.7. The van der Waals surface area contributed by atoms with E-state index in [1.165, 1.54) is 38.5 Å². The second kappa shape index (κ2) is 4.96. The third-order valence-electron chi connectivity index (χ3n) is 6.79. The summed E-state index contributed by atoms with van der Waals surface area (Å²) in [5.74, 6) is 2.80. The van der Waals surface area contributed by atoms with Gasteiger partial charge in [0.25, 0.3) is 0 Å². The molecule has 1 heterocycles. The van der Waals surface area contributed by atoms with Gasteiger partial charge in [0.05, 0.1) is 12.2 Å². The molecule has 5 fully saturated rings. The van der Waals surface area contributed by atoms with E-state index in [2.05, 4.69) is 4.90 Å². The first kappa shape index (κ1) is 13.5. The Hall–Kier alpha value is -0.120. The smallest absolute Gasteiger partial charge is 0.0723 e. The maximum Gasteiger partial charge on any atom is 0.0723 e. The lowest BCUT2D eigenvalue weighted by molar-refractivity contribution is -0.126. The Labute approximate surface area is 122 Å². The minimum Gasteiger partial charge on any atom is -0.391 e. The molecule has 0 aromatic carbocycles. The van der Waals surface area contributed by atoms with E-state index < -0.39 is 0 Å². The van der Waals surface area contributed by atoms with Crippen molar-refractivity contribution in [2.24, 2.45) is 23.2 Å². The second-order valence-electron chi connectivity index (χ2n) is 8.20. The fraction of sp³-hybridized carbons (Fsp3) is 1.00. The lowest BCUT2D eigenvalue weighted by Gasteiger charge is -2.58. The molecule has 4 saturated carbocycles. The third-order valence-corrected chi connectivity index (χ3v) is 6.79. The van der Waals surface area contributed by atoms with Crippen LogP contribution in [-0.4, -0.2) is 49.0 Å². The maximum absolute atomic E-state index is 11.0.